The third-order valence-electron chi connectivity index (χ3n) is 2.62. The minimum Gasteiger partial charge on any atom is -0.365 e. The molecule has 2 rings (SSSR count). The van der Waals surface area contributed by atoms with Gasteiger partial charge in [0.1, 0.15) is 5.69 Å². The molecular formula is C11H9F3N4O3S. The molecule has 0 bridgehead atoms. The van der Waals surface area contributed by atoms with Gasteiger partial charge in [-0.1, -0.05) is 12.1 Å². The molecule has 0 atom stereocenters. The number of hydrogen-bond donors (Lipinski definition) is 3. The van der Waals surface area contributed by atoms with Crippen LogP contribution >= 0.6 is 0 Å². The minimum atomic E-state index is -5.48. The predicted molar refractivity (Wildman–Crippen MR) is 71.1 cm³/mol. The quantitative estimate of drug-likeness (QED) is 0.784. The number of carbonyl (C=O) groups is 1. The second-order valence-corrected chi connectivity index (χ2v) is 5.81. The molecule has 0 aliphatic carbocycles. The van der Waals surface area contributed by atoms with Crippen LogP contribution in [0.3, 0.4) is 0 Å². The van der Waals surface area contributed by atoms with Gasteiger partial charge in [0, 0.05) is 17.4 Å². The SMILES string of the molecule is NC(=O)c1c[nH]nc1-c1ccc(NS(=O)(=O)C(F)(F)F)cc1. The van der Waals surface area contributed by atoms with E-state index in [-0.39, 0.29) is 16.9 Å². The van der Waals surface area contributed by atoms with Crippen molar-refractivity contribution in [1.29, 1.82) is 0 Å². The maximum atomic E-state index is 12.2. The van der Waals surface area contributed by atoms with Gasteiger partial charge in [-0.3, -0.25) is 14.6 Å². The molecule has 118 valence electrons. The van der Waals surface area contributed by atoms with Crippen LogP contribution in [0.25, 0.3) is 11.3 Å². The molecule has 11 heteroatoms. The predicted octanol–water partition coefficient (Wildman–Crippen LogP) is 1.44. The molecule has 0 fully saturated rings. The number of primary amides is 1. The van der Waals surface area contributed by atoms with Crippen molar-refractivity contribution >= 4 is 21.6 Å². The second-order valence-electron chi connectivity index (χ2n) is 4.14. The van der Waals surface area contributed by atoms with E-state index < -0.39 is 21.4 Å². The Morgan fingerprint density at radius 1 is 1.23 bits per heavy atom. The topological polar surface area (TPSA) is 118 Å². The van der Waals surface area contributed by atoms with Crippen LogP contribution in [0.1, 0.15) is 10.4 Å². The molecule has 0 spiro atoms. The molecule has 0 aliphatic rings. The Balaban J connectivity index is 2.28. The summed E-state index contributed by atoms with van der Waals surface area (Å²) in [6.07, 6.45) is 1.28. The number of carbonyl (C=O) groups excluding carboxylic acids is 1. The number of nitrogens with two attached hydrogens (primary N) is 1. The van der Waals surface area contributed by atoms with Crippen molar-refractivity contribution in [1.82, 2.24) is 10.2 Å². The fraction of sp³-hybridized carbons (Fsp3) is 0.0909. The average Bonchev–Trinajstić information content (AvgIpc) is 2.87. The van der Waals surface area contributed by atoms with E-state index in [0.29, 0.717) is 5.56 Å². The van der Waals surface area contributed by atoms with Crippen molar-refractivity contribution in [2.45, 2.75) is 5.51 Å². The van der Waals surface area contributed by atoms with Gasteiger partial charge in [-0.05, 0) is 12.1 Å². The van der Waals surface area contributed by atoms with Gasteiger partial charge >= 0.3 is 15.5 Å². The van der Waals surface area contributed by atoms with Crippen molar-refractivity contribution in [2.24, 2.45) is 5.73 Å². The average molecular weight is 334 g/mol. The lowest BCUT2D eigenvalue weighted by Gasteiger charge is -2.10. The Morgan fingerprint density at radius 2 is 1.82 bits per heavy atom. The van der Waals surface area contributed by atoms with E-state index in [1.165, 1.54) is 23.1 Å². The highest BCUT2D eigenvalue weighted by molar-refractivity contribution is 7.93. The number of anilines is 1. The van der Waals surface area contributed by atoms with Gasteiger partial charge in [-0.15, -0.1) is 0 Å². The molecule has 4 N–H and O–H groups in total. The summed E-state index contributed by atoms with van der Waals surface area (Å²) in [4.78, 5) is 11.2. The van der Waals surface area contributed by atoms with E-state index in [2.05, 4.69) is 10.2 Å². The largest absolute Gasteiger partial charge is 0.516 e. The molecule has 1 aromatic heterocycles. The first kappa shape index (κ1) is 15.8. The van der Waals surface area contributed by atoms with Crippen LogP contribution in [0.5, 0.6) is 0 Å². The molecule has 1 heterocycles. The number of sulfonamides is 1. The number of hydrogen-bond acceptors (Lipinski definition) is 4. The van der Waals surface area contributed by atoms with Gasteiger partial charge in [-0.25, -0.2) is 0 Å². The molecule has 7 nitrogen and oxygen atoms in total. The minimum absolute atomic E-state index is 0.101. The maximum absolute atomic E-state index is 12.2. The van der Waals surface area contributed by atoms with Crippen LogP contribution in [0.15, 0.2) is 30.5 Å². The number of aromatic nitrogens is 2. The number of aromatic amines is 1. The highest BCUT2D eigenvalue weighted by Gasteiger charge is 2.46. The molecule has 0 saturated heterocycles. The number of rotatable bonds is 4. The third kappa shape index (κ3) is 3.03. The van der Waals surface area contributed by atoms with Gasteiger partial charge in [0.05, 0.1) is 5.56 Å². The number of H-pyrrole nitrogens is 1. The van der Waals surface area contributed by atoms with E-state index in [4.69, 9.17) is 5.73 Å². The molecule has 0 radical (unpaired) electrons. The van der Waals surface area contributed by atoms with Crippen LogP contribution in [0.4, 0.5) is 18.9 Å². The summed E-state index contributed by atoms with van der Waals surface area (Å²) in [5.41, 5.74) is 0.138. The van der Waals surface area contributed by atoms with Crippen molar-refractivity contribution in [3.63, 3.8) is 0 Å². The van der Waals surface area contributed by atoms with Crippen molar-refractivity contribution < 1.29 is 26.4 Å². The summed E-state index contributed by atoms with van der Waals surface area (Å²) in [6.45, 7) is 0. The van der Waals surface area contributed by atoms with Gasteiger partial charge in [0.2, 0.25) is 0 Å². The highest BCUT2D eigenvalue weighted by atomic mass is 32.2. The van der Waals surface area contributed by atoms with Crippen molar-refractivity contribution in [3.05, 3.63) is 36.0 Å². The number of benzene rings is 1. The second kappa shape index (κ2) is 5.33. The Bertz CT molecular complexity index is 797. The van der Waals surface area contributed by atoms with Gasteiger partial charge in [0.15, 0.2) is 0 Å². The Morgan fingerprint density at radius 3 is 2.32 bits per heavy atom. The molecule has 2 aromatic rings. The molecule has 0 saturated carbocycles. The van der Waals surface area contributed by atoms with E-state index >= 15 is 0 Å². The zero-order valence-electron chi connectivity index (χ0n) is 10.7. The van der Waals surface area contributed by atoms with E-state index in [9.17, 15) is 26.4 Å². The summed E-state index contributed by atoms with van der Waals surface area (Å²) >= 11 is 0. The van der Waals surface area contributed by atoms with E-state index in [1.54, 1.807) is 0 Å². The van der Waals surface area contributed by atoms with Crippen LogP contribution in [0, 0.1) is 0 Å². The van der Waals surface area contributed by atoms with Crippen molar-refractivity contribution in [3.8, 4) is 11.3 Å². The lowest BCUT2D eigenvalue weighted by molar-refractivity contribution is -0.0429. The normalized spacial score (nSPS) is 12.1. The van der Waals surface area contributed by atoms with Crippen LogP contribution < -0.4 is 10.5 Å². The summed E-state index contributed by atoms with van der Waals surface area (Å²) < 4.78 is 60.1. The lowest BCUT2D eigenvalue weighted by atomic mass is 10.1. The van der Waals surface area contributed by atoms with E-state index in [0.717, 1.165) is 12.1 Å². The summed E-state index contributed by atoms with van der Waals surface area (Å²) in [7, 11) is -5.48. The molecule has 0 aliphatic heterocycles. The zero-order chi connectivity index (χ0) is 16.5. The van der Waals surface area contributed by atoms with Gasteiger partial charge in [-0.2, -0.15) is 26.7 Å². The molecular weight excluding hydrogens is 325 g/mol. The van der Waals surface area contributed by atoms with Crippen LogP contribution in [-0.2, 0) is 10.0 Å². The first-order valence-corrected chi connectivity index (χ1v) is 7.13. The number of halogens is 3. The summed E-state index contributed by atoms with van der Waals surface area (Å²) in [6, 6.07) is 4.82. The first-order chi connectivity index (χ1) is 10.1. The Kier molecular flexibility index (Phi) is 3.83. The number of alkyl halides is 3. The number of nitrogens with one attached hydrogen (secondary N) is 2. The van der Waals surface area contributed by atoms with Gasteiger partial charge in [0.25, 0.3) is 5.91 Å². The molecule has 0 unspecified atom stereocenters. The monoisotopic (exact) mass is 334 g/mol. The van der Waals surface area contributed by atoms with E-state index in [1.807, 2.05) is 0 Å². The third-order valence-corrected chi connectivity index (χ3v) is 3.73. The Hall–Kier alpha value is -2.56. The maximum Gasteiger partial charge on any atom is 0.516 e. The van der Waals surface area contributed by atoms with Crippen LogP contribution in [-0.4, -0.2) is 30.0 Å². The Labute approximate surface area is 122 Å². The summed E-state index contributed by atoms with van der Waals surface area (Å²) in [5, 5.41) is 6.25. The lowest BCUT2D eigenvalue weighted by Crippen LogP contribution is -2.29. The highest BCUT2D eigenvalue weighted by Crippen LogP contribution is 2.27. The fourth-order valence-corrected chi connectivity index (χ4v) is 2.17. The van der Waals surface area contributed by atoms with Gasteiger partial charge < -0.3 is 5.73 Å². The molecule has 1 aromatic carbocycles. The van der Waals surface area contributed by atoms with Crippen LogP contribution in [0.2, 0.25) is 0 Å². The number of nitrogens with zero attached hydrogens (tertiary/aromatic N) is 1. The number of amides is 1. The van der Waals surface area contributed by atoms with Crippen molar-refractivity contribution in [2.75, 3.05) is 4.72 Å². The molecule has 22 heavy (non-hydrogen) atoms. The standard InChI is InChI=1S/C11H9F3N4O3S/c12-11(13,14)22(20,21)18-7-3-1-6(2-4-7)9-8(10(15)19)5-16-17-9/h1-5,18H,(H2,15,19)(H,16,17). The zero-order valence-corrected chi connectivity index (χ0v) is 11.5. The summed E-state index contributed by atoms with van der Waals surface area (Å²) in [5.74, 6) is -0.731. The first-order valence-electron chi connectivity index (χ1n) is 5.65. The smallest absolute Gasteiger partial charge is 0.365 e. The fourth-order valence-electron chi connectivity index (χ4n) is 1.61. The molecule has 1 amide bonds.